The molecule has 0 unspecified atom stereocenters. The standard InChI is InChI=1S/C11H13F3N2O/c12-11(13,14)10-6-9(15)3-2-8(10)7-16-4-1-5-17-16/h2-3,6H,1,4-5,7,15H2. The first-order valence-corrected chi connectivity index (χ1v) is 5.30. The number of halogens is 3. The van der Waals surface area contributed by atoms with Crippen LogP contribution in [0.25, 0.3) is 0 Å². The van der Waals surface area contributed by atoms with Crippen molar-refractivity contribution in [3.05, 3.63) is 29.3 Å². The molecule has 94 valence electrons. The molecular formula is C11H13F3N2O. The molecule has 2 N–H and O–H groups in total. The number of hydroxylamine groups is 2. The first kappa shape index (κ1) is 12.2. The van der Waals surface area contributed by atoms with Crippen molar-refractivity contribution >= 4 is 5.69 Å². The summed E-state index contributed by atoms with van der Waals surface area (Å²) in [5.41, 5.74) is 5.00. The van der Waals surface area contributed by atoms with E-state index in [1.165, 1.54) is 12.1 Å². The van der Waals surface area contributed by atoms with Gasteiger partial charge in [0.05, 0.1) is 12.2 Å². The van der Waals surface area contributed by atoms with Gasteiger partial charge >= 0.3 is 6.18 Å². The second-order valence-corrected chi connectivity index (χ2v) is 3.96. The Bertz CT molecular complexity index is 400. The molecule has 17 heavy (non-hydrogen) atoms. The monoisotopic (exact) mass is 246 g/mol. The van der Waals surface area contributed by atoms with Crippen molar-refractivity contribution in [2.75, 3.05) is 18.9 Å². The number of nitrogens with two attached hydrogens (primary N) is 1. The molecule has 0 saturated carbocycles. The third kappa shape index (κ3) is 2.89. The van der Waals surface area contributed by atoms with E-state index >= 15 is 0 Å². The van der Waals surface area contributed by atoms with Gasteiger partial charge in [-0.2, -0.15) is 18.2 Å². The number of rotatable bonds is 2. The molecule has 6 heteroatoms. The van der Waals surface area contributed by atoms with E-state index in [2.05, 4.69) is 0 Å². The Hall–Kier alpha value is -1.27. The zero-order valence-corrected chi connectivity index (χ0v) is 9.13. The van der Waals surface area contributed by atoms with Crippen LogP contribution in [0.5, 0.6) is 0 Å². The minimum Gasteiger partial charge on any atom is -0.399 e. The van der Waals surface area contributed by atoms with E-state index in [4.69, 9.17) is 10.6 Å². The number of alkyl halides is 3. The molecule has 0 aromatic heterocycles. The van der Waals surface area contributed by atoms with E-state index < -0.39 is 11.7 Å². The van der Waals surface area contributed by atoms with Crippen LogP contribution in [-0.4, -0.2) is 18.2 Å². The number of hydrogen-bond acceptors (Lipinski definition) is 3. The Morgan fingerprint density at radius 1 is 1.35 bits per heavy atom. The lowest BCUT2D eigenvalue weighted by atomic mass is 10.1. The molecule has 0 bridgehead atoms. The van der Waals surface area contributed by atoms with Gasteiger partial charge in [0.15, 0.2) is 0 Å². The molecule has 1 aromatic carbocycles. The Morgan fingerprint density at radius 2 is 2.12 bits per heavy atom. The summed E-state index contributed by atoms with van der Waals surface area (Å²) >= 11 is 0. The van der Waals surface area contributed by atoms with Crippen molar-refractivity contribution in [1.82, 2.24) is 5.06 Å². The SMILES string of the molecule is Nc1ccc(CN2CCCO2)c(C(F)(F)F)c1. The summed E-state index contributed by atoms with van der Waals surface area (Å²) in [5.74, 6) is 0. The van der Waals surface area contributed by atoms with Gasteiger partial charge in [0.2, 0.25) is 0 Å². The van der Waals surface area contributed by atoms with Gasteiger partial charge < -0.3 is 5.73 Å². The third-order valence-electron chi connectivity index (χ3n) is 2.61. The highest BCUT2D eigenvalue weighted by molar-refractivity contribution is 5.45. The highest BCUT2D eigenvalue weighted by atomic mass is 19.4. The molecule has 0 spiro atoms. The summed E-state index contributed by atoms with van der Waals surface area (Å²) in [7, 11) is 0. The number of nitrogen functional groups attached to an aromatic ring is 1. The van der Waals surface area contributed by atoms with Crippen molar-refractivity contribution in [3.63, 3.8) is 0 Å². The summed E-state index contributed by atoms with van der Waals surface area (Å²) < 4.78 is 38.4. The highest BCUT2D eigenvalue weighted by Crippen LogP contribution is 2.34. The van der Waals surface area contributed by atoms with Crippen molar-refractivity contribution in [1.29, 1.82) is 0 Å². The van der Waals surface area contributed by atoms with E-state index in [0.29, 0.717) is 13.2 Å². The van der Waals surface area contributed by atoms with Crippen LogP contribution in [0.15, 0.2) is 18.2 Å². The van der Waals surface area contributed by atoms with E-state index in [9.17, 15) is 13.2 Å². The van der Waals surface area contributed by atoms with Gasteiger partial charge in [-0.1, -0.05) is 6.07 Å². The Morgan fingerprint density at radius 3 is 2.71 bits per heavy atom. The number of hydrogen-bond donors (Lipinski definition) is 1. The minimum atomic E-state index is -4.38. The largest absolute Gasteiger partial charge is 0.416 e. The van der Waals surface area contributed by atoms with Gasteiger partial charge in [0.25, 0.3) is 0 Å². The molecule has 1 aliphatic rings. The van der Waals surface area contributed by atoms with E-state index in [-0.39, 0.29) is 17.8 Å². The lowest BCUT2D eigenvalue weighted by molar-refractivity contribution is -0.142. The van der Waals surface area contributed by atoms with Gasteiger partial charge in [0.1, 0.15) is 0 Å². The average molecular weight is 246 g/mol. The normalized spacial score (nSPS) is 17.6. The quantitative estimate of drug-likeness (QED) is 0.814. The molecule has 0 aliphatic carbocycles. The minimum absolute atomic E-state index is 0.114. The summed E-state index contributed by atoms with van der Waals surface area (Å²) in [6, 6.07) is 3.84. The lowest BCUT2D eigenvalue weighted by Gasteiger charge is -2.18. The maximum Gasteiger partial charge on any atom is 0.416 e. The first-order chi connectivity index (χ1) is 7.97. The van der Waals surface area contributed by atoms with E-state index in [1.807, 2.05) is 0 Å². The summed E-state index contributed by atoms with van der Waals surface area (Å²) in [6.45, 7) is 1.35. The number of benzene rings is 1. The van der Waals surface area contributed by atoms with E-state index in [1.54, 1.807) is 5.06 Å². The molecule has 2 rings (SSSR count). The molecule has 1 aromatic rings. The maximum atomic E-state index is 12.8. The fourth-order valence-electron chi connectivity index (χ4n) is 1.81. The summed E-state index contributed by atoms with van der Waals surface area (Å²) in [4.78, 5) is 5.19. The van der Waals surface area contributed by atoms with Crippen molar-refractivity contribution < 1.29 is 18.0 Å². The Kier molecular flexibility index (Phi) is 3.26. The van der Waals surface area contributed by atoms with Crippen LogP contribution in [-0.2, 0) is 17.6 Å². The van der Waals surface area contributed by atoms with Gasteiger partial charge in [-0.05, 0) is 24.1 Å². The van der Waals surface area contributed by atoms with Gasteiger partial charge in [-0.3, -0.25) is 4.84 Å². The number of nitrogens with zero attached hydrogens (tertiary/aromatic N) is 1. The van der Waals surface area contributed by atoms with Crippen molar-refractivity contribution in [3.8, 4) is 0 Å². The molecule has 0 radical (unpaired) electrons. The maximum absolute atomic E-state index is 12.8. The fraction of sp³-hybridized carbons (Fsp3) is 0.455. The summed E-state index contributed by atoms with van der Waals surface area (Å²) in [6.07, 6.45) is -3.54. The van der Waals surface area contributed by atoms with Crippen LogP contribution in [0.4, 0.5) is 18.9 Å². The molecule has 1 saturated heterocycles. The van der Waals surface area contributed by atoms with Crippen molar-refractivity contribution in [2.45, 2.75) is 19.1 Å². The zero-order chi connectivity index (χ0) is 12.5. The molecule has 1 aliphatic heterocycles. The van der Waals surface area contributed by atoms with Gasteiger partial charge in [-0.15, -0.1) is 0 Å². The highest BCUT2D eigenvalue weighted by Gasteiger charge is 2.34. The second-order valence-electron chi connectivity index (χ2n) is 3.96. The first-order valence-electron chi connectivity index (χ1n) is 5.30. The van der Waals surface area contributed by atoms with Crippen LogP contribution in [0.2, 0.25) is 0 Å². The van der Waals surface area contributed by atoms with Crippen LogP contribution in [0, 0.1) is 0 Å². The van der Waals surface area contributed by atoms with Gasteiger partial charge in [0, 0.05) is 18.8 Å². The van der Waals surface area contributed by atoms with Crippen LogP contribution in [0.1, 0.15) is 17.5 Å². The summed E-state index contributed by atoms with van der Waals surface area (Å²) in [5, 5.41) is 1.54. The molecule has 0 amide bonds. The third-order valence-corrected chi connectivity index (χ3v) is 2.61. The van der Waals surface area contributed by atoms with Crippen LogP contribution in [0.3, 0.4) is 0 Å². The zero-order valence-electron chi connectivity index (χ0n) is 9.13. The average Bonchev–Trinajstić information content (AvgIpc) is 2.72. The predicted molar refractivity (Wildman–Crippen MR) is 56.8 cm³/mol. The Balaban J connectivity index is 2.25. The fourth-order valence-corrected chi connectivity index (χ4v) is 1.81. The topological polar surface area (TPSA) is 38.5 Å². The van der Waals surface area contributed by atoms with E-state index in [0.717, 1.165) is 12.5 Å². The van der Waals surface area contributed by atoms with Crippen LogP contribution < -0.4 is 5.73 Å². The molecular weight excluding hydrogens is 233 g/mol. The molecule has 0 atom stereocenters. The molecule has 3 nitrogen and oxygen atoms in total. The predicted octanol–water partition coefficient (Wildman–Crippen LogP) is 2.42. The molecule has 1 heterocycles. The van der Waals surface area contributed by atoms with Crippen LogP contribution >= 0.6 is 0 Å². The smallest absolute Gasteiger partial charge is 0.399 e. The Labute approximate surface area is 96.9 Å². The number of anilines is 1. The molecule has 1 fully saturated rings. The second kappa shape index (κ2) is 4.54. The van der Waals surface area contributed by atoms with Gasteiger partial charge in [-0.25, -0.2) is 0 Å². The lowest BCUT2D eigenvalue weighted by Crippen LogP contribution is -2.20. The van der Waals surface area contributed by atoms with Crippen molar-refractivity contribution in [2.24, 2.45) is 0 Å².